The van der Waals surface area contributed by atoms with E-state index in [2.05, 4.69) is 5.32 Å². The van der Waals surface area contributed by atoms with Gasteiger partial charge in [-0.1, -0.05) is 11.6 Å². The van der Waals surface area contributed by atoms with E-state index < -0.39 is 22.6 Å². The second-order valence-corrected chi connectivity index (χ2v) is 5.79. The Labute approximate surface area is 121 Å². The summed E-state index contributed by atoms with van der Waals surface area (Å²) in [5, 5.41) is 7.49. The van der Waals surface area contributed by atoms with Crippen LogP contribution in [-0.4, -0.2) is 34.7 Å². The van der Waals surface area contributed by atoms with Gasteiger partial charge in [0, 0.05) is 11.6 Å². The van der Waals surface area contributed by atoms with Crippen LogP contribution in [0.25, 0.3) is 0 Å². The minimum atomic E-state index is -4.10. The molecule has 0 spiro atoms. The lowest BCUT2D eigenvalue weighted by atomic mass is 10.2. The van der Waals surface area contributed by atoms with Crippen molar-refractivity contribution in [3.05, 3.63) is 22.7 Å². The summed E-state index contributed by atoms with van der Waals surface area (Å²) in [6, 6.07) is 2.34. The van der Waals surface area contributed by atoms with Gasteiger partial charge >= 0.3 is 0 Å². The molecular weight excluding hydrogens is 311 g/mol. The summed E-state index contributed by atoms with van der Waals surface area (Å²) in [6.45, 7) is -0.467. The molecule has 0 aromatic heterocycles. The van der Waals surface area contributed by atoms with Crippen LogP contribution in [0.1, 0.15) is 16.8 Å². The number of halogens is 2. The minimum Gasteiger partial charge on any atom is -0.494 e. The number of benzene rings is 1. The van der Waals surface area contributed by atoms with Crippen LogP contribution in [0.15, 0.2) is 17.0 Å². The molecule has 0 aliphatic rings. The first-order valence-corrected chi connectivity index (χ1v) is 7.48. The fraction of sp³-hybridized carbons (Fsp3) is 0.364. The summed E-state index contributed by atoms with van der Waals surface area (Å²) in [6.07, 6.45) is 0.149. The van der Waals surface area contributed by atoms with Crippen molar-refractivity contribution >= 4 is 27.5 Å². The lowest BCUT2D eigenvalue weighted by Crippen LogP contribution is -2.26. The number of carbonyl (C=O) groups is 1. The molecule has 0 saturated carbocycles. The van der Waals surface area contributed by atoms with Gasteiger partial charge in [0.15, 0.2) is 5.75 Å². The van der Waals surface area contributed by atoms with Crippen LogP contribution in [0, 0.1) is 0 Å². The van der Waals surface area contributed by atoms with Crippen LogP contribution in [0.2, 0.25) is 5.02 Å². The summed E-state index contributed by atoms with van der Waals surface area (Å²) in [5.74, 6) is -0.822. The number of nitrogens with one attached hydrogen (secondary N) is 1. The van der Waals surface area contributed by atoms with Crippen molar-refractivity contribution < 1.29 is 22.3 Å². The Bertz CT molecular complexity index is 607. The van der Waals surface area contributed by atoms with Gasteiger partial charge in [-0.3, -0.25) is 9.18 Å². The number of carbonyl (C=O) groups excluding carboxylic acids is 1. The fourth-order valence-corrected chi connectivity index (χ4v) is 2.55. The van der Waals surface area contributed by atoms with E-state index in [1.165, 1.54) is 13.2 Å². The maximum Gasteiger partial charge on any atom is 0.255 e. The van der Waals surface area contributed by atoms with E-state index >= 15 is 0 Å². The number of methoxy groups -OCH3 is 1. The average Bonchev–Trinajstić information content (AvgIpc) is 2.36. The van der Waals surface area contributed by atoms with Gasteiger partial charge in [0.1, 0.15) is 4.90 Å². The second-order valence-electron chi connectivity index (χ2n) is 3.83. The van der Waals surface area contributed by atoms with Gasteiger partial charge in [-0.25, -0.2) is 13.6 Å². The maximum absolute atomic E-state index is 12.0. The number of hydrogen-bond acceptors (Lipinski definition) is 4. The van der Waals surface area contributed by atoms with Gasteiger partial charge in [-0.15, -0.1) is 0 Å². The highest BCUT2D eigenvalue weighted by atomic mass is 35.5. The molecule has 112 valence electrons. The number of nitrogens with two attached hydrogens (primary N) is 1. The van der Waals surface area contributed by atoms with Crippen LogP contribution in [0.5, 0.6) is 5.75 Å². The first-order chi connectivity index (χ1) is 9.31. The lowest BCUT2D eigenvalue weighted by molar-refractivity contribution is 0.0949. The van der Waals surface area contributed by atoms with Crippen LogP contribution < -0.4 is 15.2 Å². The third-order valence-corrected chi connectivity index (χ3v) is 3.51. The maximum atomic E-state index is 12.0. The minimum absolute atomic E-state index is 0.0190. The summed E-state index contributed by atoms with van der Waals surface area (Å²) in [7, 11) is -2.89. The normalized spacial score (nSPS) is 11.2. The molecule has 0 heterocycles. The molecule has 1 aromatic carbocycles. The topological polar surface area (TPSA) is 98.5 Å². The fourth-order valence-electron chi connectivity index (χ4n) is 1.52. The third kappa shape index (κ3) is 4.06. The van der Waals surface area contributed by atoms with Crippen molar-refractivity contribution in [3.8, 4) is 5.75 Å². The van der Waals surface area contributed by atoms with E-state index in [4.69, 9.17) is 21.5 Å². The Morgan fingerprint density at radius 1 is 1.50 bits per heavy atom. The molecule has 0 bridgehead atoms. The molecule has 3 N–H and O–H groups in total. The zero-order valence-corrected chi connectivity index (χ0v) is 12.2. The number of hydrogen-bond donors (Lipinski definition) is 2. The number of sulfonamides is 1. The van der Waals surface area contributed by atoms with E-state index in [9.17, 15) is 17.6 Å². The summed E-state index contributed by atoms with van der Waals surface area (Å²) < 4.78 is 39.8. The average molecular weight is 325 g/mol. The highest BCUT2D eigenvalue weighted by molar-refractivity contribution is 7.89. The third-order valence-electron chi connectivity index (χ3n) is 2.37. The number of ether oxygens (including phenoxy) is 1. The van der Waals surface area contributed by atoms with Crippen molar-refractivity contribution in [1.82, 2.24) is 5.32 Å². The molecule has 1 aromatic rings. The lowest BCUT2D eigenvalue weighted by Gasteiger charge is -2.13. The molecule has 0 atom stereocenters. The van der Waals surface area contributed by atoms with Crippen LogP contribution >= 0.6 is 11.6 Å². The smallest absolute Gasteiger partial charge is 0.255 e. The zero-order valence-electron chi connectivity index (χ0n) is 10.7. The quantitative estimate of drug-likeness (QED) is 0.765. The number of amides is 1. The molecule has 0 unspecified atom stereocenters. The Morgan fingerprint density at radius 2 is 2.15 bits per heavy atom. The van der Waals surface area contributed by atoms with Gasteiger partial charge in [-0.2, -0.15) is 0 Å². The summed E-state index contributed by atoms with van der Waals surface area (Å²) in [5.41, 5.74) is -0.0807. The molecule has 9 heteroatoms. The van der Waals surface area contributed by atoms with Crippen LogP contribution in [0.3, 0.4) is 0 Å². The van der Waals surface area contributed by atoms with Crippen molar-refractivity contribution in [2.45, 2.75) is 11.3 Å². The molecular formula is C11H14ClFN2O4S. The standard InChI is InChI=1S/C11H14ClFN2O4S/c1-19-10-8(11(16)15-4-2-3-13)5-7(12)6-9(10)20(14,17)18/h5-6H,2-4H2,1H3,(H,15,16)(H2,14,17,18). The SMILES string of the molecule is COc1c(C(=O)NCCCF)cc(Cl)cc1S(N)(=O)=O. The van der Waals surface area contributed by atoms with Gasteiger partial charge in [-0.05, 0) is 18.6 Å². The predicted octanol–water partition coefficient (Wildman–Crippen LogP) is 1.09. The van der Waals surface area contributed by atoms with Crippen LogP contribution in [-0.2, 0) is 10.0 Å². The molecule has 1 amide bonds. The Morgan fingerprint density at radius 3 is 2.65 bits per heavy atom. The Kier molecular flexibility index (Phi) is 5.73. The van der Waals surface area contributed by atoms with Gasteiger partial charge in [0.05, 0.1) is 19.3 Å². The highest BCUT2D eigenvalue weighted by Crippen LogP contribution is 2.31. The molecule has 0 aliphatic carbocycles. The van der Waals surface area contributed by atoms with E-state index in [1.54, 1.807) is 0 Å². The Balaban J connectivity index is 3.26. The monoisotopic (exact) mass is 324 g/mol. The molecule has 1 rings (SSSR count). The molecule has 6 nitrogen and oxygen atoms in total. The van der Waals surface area contributed by atoms with Gasteiger partial charge < -0.3 is 10.1 Å². The van der Waals surface area contributed by atoms with Crippen molar-refractivity contribution in [3.63, 3.8) is 0 Å². The summed E-state index contributed by atoms with van der Waals surface area (Å²) in [4.78, 5) is 11.5. The van der Waals surface area contributed by atoms with Crippen molar-refractivity contribution in [2.24, 2.45) is 5.14 Å². The molecule has 0 radical (unpaired) electrons. The highest BCUT2D eigenvalue weighted by Gasteiger charge is 2.23. The van der Waals surface area contributed by atoms with E-state index in [0.29, 0.717) is 0 Å². The first-order valence-electron chi connectivity index (χ1n) is 5.55. The zero-order chi connectivity index (χ0) is 15.3. The summed E-state index contributed by atoms with van der Waals surface area (Å²) >= 11 is 5.77. The van der Waals surface area contributed by atoms with E-state index in [0.717, 1.165) is 6.07 Å². The largest absolute Gasteiger partial charge is 0.494 e. The Hall–Kier alpha value is -1.38. The number of alkyl halides is 1. The van der Waals surface area contributed by atoms with Gasteiger partial charge in [0.2, 0.25) is 10.0 Å². The van der Waals surface area contributed by atoms with E-state index in [1.807, 2.05) is 0 Å². The molecule has 0 saturated heterocycles. The van der Waals surface area contributed by atoms with Crippen molar-refractivity contribution in [2.75, 3.05) is 20.3 Å². The number of rotatable bonds is 6. The number of primary sulfonamides is 1. The van der Waals surface area contributed by atoms with Crippen LogP contribution in [0.4, 0.5) is 4.39 Å². The molecule has 0 fully saturated rings. The van der Waals surface area contributed by atoms with E-state index in [-0.39, 0.29) is 34.2 Å². The predicted molar refractivity (Wildman–Crippen MR) is 72.3 cm³/mol. The van der Waals surface area contributed by atoms with Crippen molar-refractivity contribution in [1.29, 1.82) is 0 Å². The molecule has 20 heavy (non-hydrogen) atoms. The van der Waals surface area contributed by atoms with Gasteiger partial charge in [0.25, 0.3) is 5.91 Å². The molecule has 0 aliphatic heterocycles. The second kappa shape index (κ2) is 6.87. The first kappa shape index (κ1) is 16.7.